The minimum Gasteiger partial charge on any atom is -0.396 e. The molecule has 1 aliphatic carbocycles. The smallest absolute Gasteiger partial charge is 0.243 e. The summed E-state index contributed by atoms with van der Waals surface area (Å²) in [5.41, 5.74) is 7.39. The molecule has 0 amide bonds. The van der Waals surface area contributed by atoms with Crippen LogP contribution in [0.4, 0.5) is 10.7 Å². The highest BCUT2D eigenvalue weighted by Gasteiger charge is 2.27. The van der Waals surface area contributed by atoms with Gasteiger partial charge in [0.05, 0.1) is 15.7 Å². The lowest BCUT2D eigenvalue weighted by Crippen LogP contribution is -2.14. The fourth-order valence-electron chi connectivity index (χ4n) is 3.44. The third-order valence-corrected chi connectivity index (χ3v) is 6.67. The second-order valence-electron chi connectivity index (χ2n) is 6.79. The molecule has 2 heterocycles. The molecule has 148 valence electrons. The van der Waals surface area contributed by atoms with Crippen LogP contribution in [-0.4, -0.2) is 17.0 Å². The van der Waals surface area contributed by atoms with Crippen LogP contribution in [0.1, 0.15) is 46.7 Å². The first-order chi connectivity index (χ1) is 14.0. The third kappa shape index (κ3) is 3.71. The van der Waals surface area contributed by atoms with E-state index in [4.69, 9.17) is 33.5 Å². The molecule has 29 heavy (non-hydrogen) atoms. The summed E-state index contributed by atoms with van der Waals surface area (Å²) in [5.74, 6) is -0.439. The fourth-order valence-corrected chi connectivity index (χ4v) is 5.12. The number of benzene rings is 1. The van der Waals surface area contributed by atoms with Gasteiger partial charge in [0.2, 0.25) is 11.5 Å². The van der Waals surface area contributed by atoms with Gasteiger partial charge in [-0.2, -0.15) is 5.26 Å². The Labute approximate surface area is 181 Å². The largest absolute Gasteiger partial charge is 0.396 e. The normalized spacial score (nSPS) is 14.1. The minimum atomic E-state index is -0.439. The molecule has 0 saturated heterocycles. The summed E-state index contributed by atoms with van der Waals surface area (Å²) in [7, 11) is 0. The van der Waals surface area contributed by atoms with Gasteiger partial charge >= 0.3 is 0 Å². The molecule has 1 aromatic carbocycles. The number of halogens is 2. The molecular weight excluding hydrogens is 431 g/mol. The number of carbonyl (C=O) groups is 1. The Morgan fingerprint density at radius 2 is 2.00 bits per heavy atom. The van der Waals surface area contributed by atoms with Crippen molar-refractivity contribution in [3.05, 3.63) is 50.5 Å². The number of nitrogens with one attached hydrogen (secondary N) is 1. The van der Waals surface area contributed by atoms with Gasteiger partial charge < -0.3 is 15.6 Å². The van der Waals surface area contributed by atoms with Crippen molar-refractivity contribution in [3.8, 4) is 17.3 Å². The Morgan fingerprint density at radius 1 is 1.31 bits per heavy atom. The van der Waals surface area contributed by atoms with Crippen LogP contribution in [0.2, 0.25) is 10.0 Å². The van der Waals surface area contributed by atoms with Crippen molar-refractivity contribution < 1.29 is 9.32 Å². The lowest BCUT2D eigenvalue weighted by molar-refractivity contribution is 0.100. The Morgan fingerprint density at radius 3 is 2.66 bits per heavy atom. The zero-order valence-corrected chi connectivity index (χ0v) is 17.5. The Balaban J connectivity index is 1.66. The third-order valence-electron chi connectivity index (χ3n) is 4.91. The van der Waals surface area contributed by atoms with Crippen LogP contribution in [0.25, 0.3) is 11.3 Å². The van der Waals surface area contributed by atoms with Crippen LogP contribution in [0.3, 0.4) is 0 Å². The average molecular weight is 447 g/mol. The Bertz CT molecular complexity index is 1110. The van der Waals surface area contributed by atoms with Crippen LogP contribution in [0.5, 0.6) is 0 Å². The summed E-state index contributed by atoms with van der Waals surface area (Å²) in [6, 6.07) is 8.94. The second-order valence-corrected chi connectivity index (χ2v) is 8.62. The number of nitrogens with zero attached hydrogens (tertiary/aromatic N) is 2. The molecule has 0 aliphatic heterocycles. The number of nitriles is 1. The van der Waals surface area contributed by atoms with Gasteiger partial charge in [-0.15, -0.1) is 11.3 Å². The van der Waals surface area contributed by atoms with E-state index in [-0.39, 0.29) is 16.3 Å². The van der Waals surface area contributed by atoms with Crippen LogP contribution >= 0.6 is 34.5 Å². The average Bonchev–Trinajstić information content (AvgIpc) is 3.43. The predicted octanol–water partition coefficient (Wildman–Crippen LogP) is 5.75. The molecule has 0 atom stereocenters. The molecule has 4 rings (SSSR count). The summed E-state index contributed by atoms with van der Waals surface area (Å²) >= 11 is 13.6. The van der Waals surface area contributed by atoms with Crippen LogP contribution in [0, 0.1) is 11.3 Å². The summed E-state index contributed by atoms with van der Waals surface area (Å²) in [5, 5.41) is 18.2. The predicted molar refractivity (Wildman–Crippen MR) is 115 cm³/mol. The fraction of sp³-hybridized carbons (Fsp3) is 0.250. The summed E-state index contributed by atoms with van der Waals surface area (Å²) in [6.07, 6.45) is 4.38. The van der Waals surface area contributed by atoms with E-state index in [1.54, 1.807) is 18.2 Å². The Hall–Kier alpha value is -2.53. The molecule has 9 heteroatoms. The second kappa shape index (κ2) is 8.07. The van der Waals surface area contributed by atoms with Crippen molar-refractivity contribution in [2.24, 2.45) is 0 Å². The van der Waals surface area contributed by atoms with E-state index in [2.05, 4.69) is 16.5 Å². The molecule has 0 bridgehead atoms. The van der Waals surface area contributed by atoms with Crippen molar-refractivity contribution >= 4 is 51.0 Å². The molecule has 1 saturated carbocycles. The van der Waals surface area contributed by atoms with E-state index >= 15 is 0 Å². The number of rotatable bonds is 5. The zero-order valence-electron chi connectivity index (χ0n) is 15.2. The van der Waals surface area contributed by atoms with Gasteiger partial charge in [0.1, 0.15) is 27.2 Å². The quantitative estimate of drug-likeness (QED) is 0.483. The van der Waals surface area contributed by atoms with Gasteiger partial charge in [0.15, 0.2) is 0 Å². The minimum absolute atomic E-state index is 0.000780. The molecule has 1 fully saturated rings. The SMILES string of the molecule is N#Cc1c(NC2CCCC2)sc(C(=O)c2cc(-c3c(Cl)cccc3Cl)no2)c1N. The molecule has 0 unspecified atom stereocenters. The van der Waals surface area contributed by atoms with E-state index < -0.39 is 5.78 Å². The maximum absolute atomic E-state index is 13.0. The van der Waals surface area contributed by atoms with E-state index in [1.807, 2.05) is 0 Å². The van der Waals surface area contributed by atoms with Gasteiger partial charge in [0, 0.05) is 17.7 Å². The number of anilines is 2. The van der Waals surface area contributed by atoms with Crippen molar-refractivity contribution in [2.75, 3.05) is 11.1 Å². The monoisotopic (exact) mass is 446 g/mol. The number of ketones is 1. The van der Waals surface area contributed by atoms with Crippen molar-refractivity contribution in [2.45, 2.75) is 31.7 Å². The molecule has 1 aliphatic rings. The molecule has 3 aromatic rings. The van der Waals surface area contributed by atoms with E-state index in [0.717, 1.165) is 37.0 Å². The first-order valence-corrected chi connectivity index (χ1v) is 10.6. The van der Waals surface area contributed by atoms with Crippen molar-refractivity contribution in [3.63, 3.8) is 0 Å². The van der Waals surface area contributed by atoms with Crippen LogP contribution in [0.15, 0.2) is 28.8 Å². The first-order valence-electron chi connectivity index (χ1n) is 9.04. The highest BCUT2D eigenvalue weighted by Crippen LogP contribution is 2.39. The number of hydrogen-bond donors (Lipinski definition) is 2. The number of carbonyl (C=O) groups excluding carboxylic acids is 1. The van der Waals surface area contributed by atoms with Gasteiger partial charge in [-0.3, -0.25) is 4.79 Å². The maximum atomic E-state index is 13.0. The van der Waals surface area contributed by atoms with E-state index in [1.165, 1.54) is 6.07 Å². The first kappa shape index (κ1) is 19.8. The topological polar surface area (TPSA) is 105 Å². The molecule has 0 spiro atoms. The summed E-state index contributed by atoms with van der Waals surface area (Å²) in [6.45, 7) is 0. The number of hydrogen-bond acceptors (Lipinski definition) is 7. The number of nitrogens with two attached hydrogens (primary N) is 1. The van der Waals surface area contributed by atoms with E-state index in [0.29, 0.717) is 37.9 Å². The molecule has 3 N–H and O–H groups in total. The van der Waals surface area contributed by atoms with Gasteiger partial charge in [0.25, 0.3) is 0 Å². The molecule has 0 radical (unpaired) electrons. The molecular formula is C20H16Cl2N4O2S. The highest BCUT2D eigenvalue weighted by molar-refractivity contribution is 7.19. The lowest BCUT2D eigenvalue weighted by atomic mass is 10.1. The number of thiophene rings is 1. The Kier molecular flexibility index (Phi) is 5.50. The highest BCUT2D eigenvalue weighted by atomic mass is 35.5. The van der Waals surface area contributed by atoms with Crippen LogP contribution < -0.4 is 11.1 Å². The van der Waals surface area contributed by atoms with Gasteiger partial charge in [-0.1, -0.05) is 47.3 Å². The summed E-state index contributed by atoms with van der Waals surface area (Å²) < 4.78 is 5.25. The molecule has 2 aromatic heterocycles. The van der Waals surface area contributed by atoms with Gasteiger partial charge in [-0.05, 0) is 25.0 Å². The zero-order chi connectivity index (χ0) is 20.5. The lowest BCUT2D eigenvalue weighted by Gasteiger charge is -2.11. The number of nitrogen functional groups attached to an aromatic ring is 1. The van der Waals surface area contributed by atoms with Crippen LogP contribution in [-0.2, 0) is 0 Å². The van der Waals surface area contributed by atoms with Gasteiger partial charge in [-0.25, -0.2) is 0 Å². The van der Waals surface area contributed by atoms with Crippen molar-refractivity contribution in [1.82, 2.24) is 5.16 Å². The standard InChI is InChI=1S/C20H16Cl2N4O2S/c21-12-6-3-7-13(22)16(12)14-8-15(28-26-14)18(27)19-17(24)11(9-23)20(29-19)25-10-4-1-2-5-10/h3,6-8,10,25H,1-2,4-5,24H2. The summed E-state index contributed by atoms with van der Waals surface area (Å²) in [4.78, 5) is 13.2. The van der Waals surface area contributed by atoms with E-state index in [9.17, 15) is 10.1 Å². The molecule has 6 nitrogen and oxygen atoms in total. The van der Waals surface area contributed by atoms with Crippen molar-refractivity contribution in [1.29, 1.82) is 5.26 Å². The maximum Gasteiger partial charge on any atom is 0.243 e. The number of aromatic nitrogens is 1.